The van der Waals surface area contributed by atoms with E-state index >= 15 is 0 Å². The van der Waals surface area contributed by atoms with Crippen LogP contribution in [0.2, 0.25) is 5.02 Å². The van der Waals surface area contributed by atoms with Crippen LogP contribution in [0.25, 0.3) is 0 Å². The number of halogens is 1. The van der Waals surface area contributed by atoms with E-state index in [4.69, 9.17) is 11.6 Å². The number of nitrogens with one attached hydrogen (secondary N) is 3. The van der Waals surface area contributed by atoms with Crippen LogP contribution < -0.4 is 15.6 Å². The van der Waals surface area contributed by atoms with E-state index in [2.05, 4.69) is 15.6 Å². The average molecular weight is 376 g/mol. The van der Waals surface area contributed by atoms with Crippen molar-refractivity contribution in [2.45, 2.75) is 38.6 Å². The van der Waals surface area contributed by atoms with Crippen LogP contribution in [-0.2, 0) is 19.6 Å². The molecule has 1 aromatic carbocycles. The van der Waals surface area contributed by atoms with E-state index < -0.39 is 22.0 Å². The fourth-order valence-electron chi connectivity index (χ4n) is 1.69. The van der Waals surface area contributed by atoms with Gasteiger partial charge < -0.3 is 0 Å². The Morgan fingerprint density at radius 1 is 0.958 bits per heavy atom. The van der Waals surface area contributed by atoms with E-state index in [-0.39, 0.29) is 22.6 Å². The molecule has 7 nitrogen and oxygen atoms in total. The summed E-state index contributed by atoms with van der Waals surface area (Å²) < 4.78 is 27.1. The minimum absolute atomic E-state index is 0.00318. The predicted octanol–water partition coefficient (Wildman–Crippen LogP) is 1.45. The van der Waals surface area contributed by atoms with Crippen LogP contribution in [0.15, 0.2) is 29.2 Å². The highest BCUT2D eigenvalue weighted by molar-refractivity contribution is 7.89. The van der Waals surface area contributed by atoms with E-state index in [9.17, 15) is 18.0 Å². The number of carbonyl (C=O) groups excluding carboxylic acids is 2. The Labute approximate surface area is 147 Å². The SMILES string of the molecule is CC(C)C(=O)NNC(=O)[C@@H](NS(=O)(=O)c1ccc(Cl)cc1)C(C)C. The van der Waals surface area contributed by atoms with Crippen molar-refractivity contribution in [2.75, 3.05) is 0 Å². The minimum Gasteiger partial charge on any atom is -0.273 e. The first kappa shape index (κ1) is 20.4. The molecule has 24 heavy (non-hydrogen) atoms. The summed E-state index contributed by atoms with van der Waals surface area (Å²) in [5.74, 6) is -1.65. The number of hydrazine groups is 1. The van der Waals surface area contributed by atoms with Crippen LogP contribution in [0.1, 0.15) is 27.7 Å². The highest BCUT2D eigenvalue weighted by Gasteiger charge is 2.28. The van der Waals surface area contributed by atoms with Crippen molar-refractivity contribution in [3.05, 3.63) is 29.3 Å². The summed E-state index contributed by atoms with van der Waals surface area (Å²) in [5, 5.41) is 0.406. The molecule has 2 amide bonds. The zero-order valence-electron chi connectivity index (χ0n) is 14.0. The number of sulfonamides is 1. The Bertz CT molecular complexity index is 687. The molecule has 1 aromatic rings. The van der Waals surface area contributed by atoms with Gasteiger partial charge in [-0.15, -0.1) is 0 Å². The Hall–Kier alpha value is -1.64. The zero-order chi connectivity index (χ0) is 18.5. The lowest BCUT2D eigenvalue weighted by atomic mass is 10.1. The van der Waals surface area contributed by atoms with Gasteiger partial charge in [0.25, 0.3) is 5.91 Å². The van der Waals surface area contributed by atoms with Crippen molar-refractivity contribution in [1.29, 1.82) is 0 Å². The topological polar surface area (TPSA) is 104 Å². The summed E-state index contributed by atoms with van der Waals surface area (Å²) in [6, 6.07) is 4.55. The van der Waals surface area contributed by atoms with Gasteiger partial charge >= 0.3 is 0 Å². The second-order valence-corrected chi connectivity index (χ2v) is 8.08. The van der Waals surface area contributed by atoms with E-state index in [0.717, 1.165) is 0 Å². The molecule has 0 spiro atoms. The number of amides is 2. The van der Waals surface area contributed by atoms with Gasteiger partial charge in [0.2, 0.25) is 15.9 Å². The van der Waals surface area contributed by atoms with Crippen LogP contribution in [-0.4, -0.2) is 26.3 Å². The standard InChI is InChI=1S/C15H22ClN3O4S/c1-9(2)13(15(21)18-17-14(20)10(3)4)19-24(22,23)12-7-5-11(16)6-8-12/h5-10,13,19H,1-4H3,(H,17,20)(H,18,21)/t13-/m0/s1. The third-order valence-electron chi connectivity index (χ3n) is 3.19. The van der Waals surface area contributed by atoms with Gasteiger partial charge in [-0.1, -0.05) is 39.3 Å². The molecule has 0 unspecified atom stereocenters. The molecule has 3 N–H and O–H groups in total. The number of hydrogen-bond acceptors (Lipinski definition) is 4. The average Bonchev–Trinajstić information content (AvgIpc) is 2.50. The van der Waals surface area contributed by atoms with Crippen molar-refractivity contribution in [1.82, 2.24) is 15.6 Å². The van der Waals surface area contributed by atoms with Gasteiger partial charge in [0.1, 0.15) is 6.04 Å². The van der Waals surface area contributed by atoms with Crippen molar-refractivity contribution in [3.8, 4) is 0 Å². The molecule has 1 rings (SSSR count). The number of benzene rings is 1. The van der Waals surface area contributed by atoms with Gasteiger partial charge in [-0.3, -0.25) is 20.4 Å². The normalized spacial score (nSPS) is 13.0. The summed E-state index contributed by atoms with van der Waals surface area (Å²) in [6.45, 7) is 6.73. The van der Waals surface area contributed by atoms with Crippen LogP contribution >= 0.6 is 11.6 Å². The zero-order valence-corrected chi connectivity index (χ0v) is 15.5. The van der Waals surface area contributed by atoms with Gasteiger partial charge in [-0.2, -0.15) is 4.72 Å². The fourth-order valence-corrected chi connectivity index (χ4v) is 3.16. The van der Waals surface area contributed by atoms with Gasteiger partial charge in [-0.25, -0.2) is 8.42 Å². The van der Waals surface area contributed by atoms with Crippen LogP contribution in [0.4, 0.5) is 0 Å². The van der Waals surface area contributed by atoms with E-state index in [1.54, 1.807) is 27.7 Å². The smallest absolute Gasteiger partial charge is 0.256 e. The third kappa shape index (κ3) is 5.77. The summed E-state index contributed by atoms with van der Waals surface area (Å²) in [7, 11) is -3.90. The molecule has 1 atom stereocenters. The third-order valence-corrected chi connectivity index (χ3v) is 4.90. The molecule has 0 radical (unpaired) electrons. The Balaban J connectivity index is 2.87. The fraction of sp³-hybridized carbons (Fsp3) is 0.467. The summed E-state index contributed by atoms with van der Waals surface area (Å²) in [5.41, 5.74) is 4.50. The van der Waals surface area contributed by atoms with E-state index in [1.807, 2.05) is 0 Å². The predicted molar refractivity (Wildman–Crippen MR) is 91.5 cm³/mol. The van der Waals surface area contributed by atoms with Gasteiger partial charge in [0.05, 0.1) is 4.90 Å². The second kappa shape index (κ2) is 8.46. The molecular formula is C15H22ClN3O4S. The molecule has 0 aromatic heterocycles. The Morgan fingerprint density at radius 2 is 1.46 bits per heavy atom. The lowest BCUT2D eigenvalue weighted by Crippen LogP contribution is -2.54. The molecule has 0 fully saturated rings. The van der Waals surface area contributed by atoms with Crippen LogP contribution in [0.3, 0.4) is 0 Å². The lowest BCUT2D eigenvalue weighted by molar-refractivity contribution is -0.131. The number of rotatable bonds is 6. The highest BCUT2D eigenvalue weighted by atomic mass is 35.5. The molecule has 0 aliphatic rings. The molecule has 9 heteroatoms. The molecule has 0 aliphatic carbocycles. The second-order valence-electron chi connectivity index (χ2n) is 5.93. The molecule has 0 bridgehead atoms. The van der Waals surface area contributed by atoms with Gasteiger partial charge in [0, 0.05) is 10.9 Å². The van der Waals surface area contributed by atoms with Crippen molar-refractivity contribution in [2.24, 2.45) is 11.8 Å². The quantitative estimate of drug-likeness (QED) is 0.654. The maximum atomic E-state index is 12.4. The molecular weight excluding hydrogens is 354 g/mol. The molecule has 0 saturated heterocycles. The first-order valence-electron chi connectivity index (χ1n) is 7.42. The Kier molecular flexibility index (Phi) is 7.19. The molecule has 0 aliphatic heterocycles. The maximum Gasteiger partial charge on any atom is 0.256 e. The maximum absolute atomic E-state index is 12.4. The first-order chi connectivity index (χ1) is 11.0. The first-order valence-corrected chi connectivity index (χ1v) is 9.28. The Morgan fingerprint density at radius 3 is 1.92 bits per heavy atom. The van der Waals surface area contributed by atoms with Gasteiger partial charge in [-0.05, 0) is 30.2 Å². The van der Waals surface area contributed by atoms with Gasteiger partial charge in [0.15, 0.2) is 0 Å². The summed E-state index contributed by atoms with van der Waals surface area (Å²) in [4.78, 5) is 23.7. The summed E-state index contributed by atoms with van der Waals surface area (Å²) in [6.07, 6.45) is 0. The largest absolute Gasteiger partial charge is 0.273 e. The van der Waals surface area contributed by atoms with Crippen molar-refractivity contribution >= 4 is 33.4 Å². The van der Waals surface area contributed by atoms with Crippen LogP contribution in [0.5, 0.6) is 0 Å². The van der Waals surface area contributed by atoms with Crippen molar-refractivity contribution < 1.29 is 18.0 Å². The lowest BCUT2D eigenvalue weighted by Gasteiger charge is -2.22. The van der Waals surface area contributed by atoms with Crippen molar-refractivity contribution in [3.63, 3.8) is 0 Å². The number of hydrogen-bond donors (Lipinski definition) is 3. The highest BCUT2D eigenvalue weighted by Crippen LogP contribution is 2.15. The van der Waals surface area contributed by atoms with E-state index in [0.29, 0.717) is 5.02 Å². The minimum atomic E-state index is -3.90. The molecule has 0 heterocycles. The van der Waals surface area contributed by atoms with E-state index in [1.165, 1.54) is 24.3 Å². The number of carbonyl (C=O) groups is 2. The monoisotopic (exact) mass is 375 g/mol. The summed E-state index contributed by atoms with van der Waals surface area (Å²) >= 11 is 5.75. The molecule has 134 valence electrons. The molecule has 0 saturated carbocycles. The van der Waals surface area contributed by atoms with Crippen LogP contribution in [0, 0.1) is 11.8 Å².